The molecule has 0 aromatic heterocycles. The third-order valence-corrected chi connectivity index (χ3v) is 5.58. The second-order valence-electron chi connectivity index (χ2n) is 6.96. The summed E-state index contributed by atoms with van der Waals surface area (Å²) >= 11 is 0. The minimum Gasteiger partial charge on any atom is -0.493 e. The van der Waals surface area contributed by atoms with E-state index in [4.69, 9.17) is 18.9 Å². The molecule has 0 N–H and O–H groups in total. The van der Waals surface area contributed by atoms with Crippen LogP contribution >= 0.6 is 0 Å². The molecule has 1 fully saturated rings. The van der Waals surface area contributed by atoms with Crippen LogP contribution in [0, 0.1) is 11.3 Å². The van der Waals surface area contributed by atoms with Gasteiger partial charge in [0.25, 0.3) is 0 Å². The zero-order chi connectivity index (χ0) is 18.3. The molecule has 1 saturated heterocycles. The number of rotatable bonds is 5. The lowest BCUT2D eigenvalue weighted by molar-refractivity contribution is -0.114. The number of methoxy groups -OCH3 is 1. The van der Waals surface area contributed by atoms with E-state index in [9.17, 15) is 4.79 Å². The molecular formula is C21H22O5. The van der Waals surface area contributed by atoms with Crippen LogP contribution in [-0.4, -0.2) is 25.8 Å². The van der Waals surface area contributed by atoms with E-state index >= 15 is 0 Å². The van der Waals surface area contributed by atoms with Gasteiger partial charge in [0, 0.05) is 18.4 Å². The number of allylic oxidation sites excluding steroid dienone is 3. The van der Waals surface area contributed by atoms with Gasteiger partial charge in [-0.3, -0.25) is 4.79 Å². The Hall–Kier alpha value is -2.69. The van der Waals surface area contributed by atoms with E-state index in [1.165, 1.54) is 7.11 Å². The summed E-state index contributed by atoms with van der Waals surface area (Å²) in [4.78, 5) is 12.2. The van der Waals surface area contributed by atoms with E-state index in [1.807, 2.05) is 30.4 Å². The SMILES string of the molecule is C=CCC12C=C(OC)C(=O)C=C1OC(Cc1ccc3c(c1)OCO3)C2C. The molecule has 26 heavy (non-hydrogen) atoms. The van der Waals surface area contributed by atoms with Gasteiger partial charge < -0.3 is 18.9 Å². The number of carbonyl (C=O) groups is 1. The Labute approximate surface area is 152 Å². The highest BCUT2D eigenvalue weighted by atomic mass is 16.7. The van der Waals surface area contributed by atoms with Gasteiger partial charge in [-0.05, 0) is 30.2 Å². The van der Waals surface area contributed by atoms with Gasteiger partial charge in [0.2, 0.25) is 12.6 Å². The van der Waals surface area contributed by atoms with Crippen LogP contribution in [0.15, 0.2) is 54.5 Å². The van der Waals surface area contributed by atoms with Crippen LogP contribution in [0.3, 0.4) is 0 Å². The van der Waals surface area contributed by atoms with Gasteiger partial charge in [-0.1, -0.05) is 19.1 Å². The predicted molar refractivity (Wildman–Crippen MR) is 95.7 cm³/mol. The molecule has 0 bridgehead atoms. The monoisotopic (exact) mass is 354 g/mol. The lowest BCUT2D eigenvalue weighted by Crippen LogP contribution is -2.31. The number of hydrogen-bond acceptors (Lipinski definition) is 5. The fourth-order valence-electron chi connectivity index (χ4n) is 4.06. The maximum absolute atomic E-state index is 12.2. The van der Waals surface area contributed by atoms with Gasteiger partial charge in [-0.25, -0.2) is 0 Å². The van der Waals surface area contributed by atoms with E-state index in [0.29, 0.717) is 17.9 Å². The highest BCUT2D eigenvalue weighted by Gasteiger charge is 2.52. The summed E-state index contributed by atoms with van der Waals surface area (Å²) in [5.41, 5.74) is 0.725. The number of benzene rings is 1. The largest absolute Gasteiger partial charge is 0.493 e. The Kier molecular flexibility index (Phi) is 4.02. The van der Waals surface area contributed by atoms with Crippen molar-refractivity contribution in [3.05, 3.63) is 60.1 Å². The third-order valence-electron chi connectivity index (χ3n) is 5.58. The maximum Gasteiger partial charge on any atom is 0.231 e. The smallest absolute Gasteiger partial charge is 0.231 e. The van der Waals surface area contributed by atoms with Gasteiger partial charge in [0.15, 0.2) is 17.3 Å². The first-order chi connectivity index (χ1) is 12.6. The Morgan fingerprint density at radius 2 is 2.15 bits per heavy atom. The zero-order valence-corrected chi connectivity index (χ0v) is 15.0. The first kappa shape index (κ1) is 16.8. The van der Waals surface area contributed by atoms with E-state index in [0.717, 1.165) is 23.5 Å². The molecule has 3 aliphatic rings. The van der Waals surface area contributed by atoms with E-state index in [-0.39, 0.29) is 30.0 Å². The van der Waals surface area contributed by atoms with Crippen LogP contribution in [0.5, 0.6) is 11.5 Å². The molecule has 0 amide bonds. The average Bonchev–Trinajstić information content (AvgIpc) is 3.19. The van der Waals surface area contributed by atoms with Gasteiger partial charge in [-0.2, -0.15) is 0 Å². The minimum atomic E-state index is -0.387. The summed E-state index contributed by atoms with van der Waals surface area (Å²) in [7, 11) is 1.52. The standard InChI is InChI=1S/C21H22O5/c1-4-7-21-11-19(23-3)15(22)10-20(21)26-17(13(21)2)8-14-5-6-16-18(9-14)25-12-24-16/h4-6,9-11,13,17H,1,7-8,12H2,2-3H3. The van der Waals surface area contributed by atoms with Crippen molar-refractivity contribution in [3.63, 3.8) is 0 Å². The summed E-state index contributed by atoms with van der Waals surface area (Å²) < 4.78 is 22.4. The van der Waals surface area contributed by atoms with Crippen LogP contribution in [0.1, 0.15) is 18.9 Å². The lowest BCUT2D eigenvalue weighted by atomic mass is 9.69. The van der Waals surface area contributed by atoms with E-state index in [2.05, 4.69) is 13.5 Å². The Bertz CT molecular complexity index is 822. The van der Waals surface area contributed by atoms with Gasteiger partial charge >= 0.3 is 0 Å². The first-order valence-electron chi connectivity index (χ1n) is 8.77. The van der Waals surface area contributed by atoms with E-state index < -0.39 is 0 Å². The van der Waals surface area contributed by atoms with Crippen molar-refractivity contribution in [3.8, 4) is 11.5 Å². The normalized spacial score (nSPS) is 28.8. The summed E-state index contributed by atoms with van der Waals surface area (Å²) in [5, 5.41) is 0. The molecule has 1 aromatic rings. The molecular weight excluding hydrogens is 332 g/mol. The molecule has 5 nitrogen and oxygen atoms in total. The number of ketones is 1. The number of ether oxygens (including phenoxy) is 4. The van der Waals surface area contributed by atoms with Crippen LogP contribution < -0.4 is 9.47 Å². The number of carbonyl (C=O) groups excluding carboxylic acids is 1. The number of hydrogen-bond donors (Lipinski definition) is 0. The fraction of sp³-hybridized carbons (Fsp3) is 0.381. The summed E-state index contributed by atoms with van der Waals surface area (Å²) in [6.45, 7) is 6.31. The zero-order valence-electron chi connectivity index (χ0n) is 15.0. The van der Waals surface area contributed by atoms with Crippen molar-refractivity contribution >= 4 is 5.78 Å². The molecule has 2 heterocycles. The molecule has 3 unspecified atom stereocenters. The van der Waals surface area contributed by atoms with Gasteiger partial charge in [-0.15, -0.1) is 6.58 Å². The highest BCUT2D eigenvalue weighted by Crippen LogP contribution is 2.53. The molecule has 0 saturated carbocycles. The summed E-state index contributed by atoms with van der Waals surface area (Å²) in [5.74, 6) is 2.62. The van der Waals surface area contributed by atoms with Crippen molar-refractivity contribution < 1.29 is 23.7 Å². The van der Waals surface area contributed by atoms with Gasteiger partial charge in [0.05, 0.1) is 12.5 Å². The van der Waals surface area contributed by atoms with Crippen LogP contribution in [0.25, 0.3) is 0 Å². The first-order valence-corrected chi connectivity index (χ1v) is 8.77. The number of fused-ring (bicyclic) bond motifs is 2. The molecule has 1 aromatic carbocycles. The Balaban J connectivity index is 1.64. The average molecular weight is 354 g/mol. The van der Waals surface area contributed by atoms with Crippen molar-refractivity contribution in [2.24, 2.45) is 11.3 Å². The predicted octanol–water partition coefficient (Wildman–Crippen LogP) is 3.55. The third kappa shape index (κ3) is 2.50. The summed E-state index contributed by atoms with van der Waals surface area (Å²) in [6.07, 6.45) is 6.71. The van der Waals surface area contributed by atoms with Crippen molar-refractivity contribution in [2.45, 2.75) is 25.9 Å². The van der Waals surface area contributed by atoms with Crippen molar-refractivity contribution in [2.75, 3.05) is 13.9 Å². The van der Waals surface area contributed by atoms with Crippen LogP contribution in [0.4, 0.5) is 0 Å². The van der Waals surface area contributed by atoms with E-state index in [1.54, 1.807) is 6.08 Å². The quantitative estimate of drug-likeness (QED) is 0.757. The fourth-order valence-corrected chi connectivity index (χ4v) is 4.06. The lowest BCUT2D eigenvalue weighted by Gasteiger charge is -2.31. The van der Waals surface area contributed by atoms with Crippen LogP contribution in [0.2, 0.25) is 0 Å². The van der Waals surface area contributed by atoms with Gasteiger partial charge in [0.1, 0.15) is 11.9 Å². The Morgan fingerprint density at radius 1 is 1.35 bits per heavy atom. The molecule has 5 heteroatoms. The molecule has 0 radical (unpaired) electrons. The molecule has 0 spiro atoms. The molecule has 2 aliphatic heterocycles. The maximum atomic E-state index is 12.2. The molecule has 136 valence electrons. The Morgan fingerprint density at radius 3 is 2.92 bits per heavy atom. The molecule has 3 atom stereocenters. The topological polar surface area (TPSA) is 54.0 Å². The second kappa shape index (κ2) is 6.24. The molecule has 1 aliphatic carbocycles. The second-order valence-corrected chi connectivity index (χ2v) is 6.96. The van der Waals surface area contributed by atoms with Crippen LogP contribution in [-0.2, 0) is 20.7 Å². The van der Waals surface area contributed by atoms with Crippen molar-refractivity contribution in [1.82, 2.24) is 0 Å². The highest BCUT2D eigenvalue weighted by molar-refractivity contribution is 6.04. The summed E-state index contributed by atoms with van der Waals surface area (Å²) in [6, 6.07) is 5.95. The molecule has 4 rings (SSSR count). The minimum absolute atomic E-state index is 0.0539. The van der Waals surface area contributed by atoms with Crippen molar-refractivity contribution in [1.29, 1.82) is 0 Å².